The lowest BCUT2D eigenvalue weighted by Crippen LogP contribution is -2.36. The van der Waals surface area contributed by atoms with Crippen LogP contribution in [0.4, 0.5) is 13.2 Å². The number of rotatable bonds is 8. The third-order valence-corrected chi connectivity index (χ3v) is 8.95. The predicted octanol–water partition coefficient (Wildman–Crippen LogP) is 5.57. The number of fused-ring (bicyclic) bond motifs is 1. The fraction of sp³-hybridized carbons (Fsp3) is 0.367. The van der Waals surface area contributed by atoms with Crippen molar-refractivity contribution < 1.29 is 31.1 Å². The van der Waals surface area contributed by atoms with Gasteiger partial charge in [0.15, 0.2) is 0 Å². The monoisotopic (exact) mass is 587 g/mol. The molecule has 0 unspecified atom stereocenters. The number of alkyl halides is 3. The first kappa shape index (κ1) is 29.1. The summed E-state index contributed by atoms with van der Waals surface area (Å²) in [4.78, 5) is 12.7. The minimum Gasteiger partial charge on any atom is -0.493 e. The molecule has 1 amide bonds. The first-order valence-corrected chi connectivity index (χ1v) is 15.1. The third-order valence-electron chi connectivity index (χ3n) is 7.49. The number of hydrogen-bond donors (Lipinski definition) is 3. The van der Waals surface area contributed by atoms with Crippen LogP contribution in [0.5, 0.6) is 5.75 Å². The van der Waals surface area contributed by atoms with Gasteiger partial charge in [0.1, 0.15) is 5.75 Å². The lowest BCUT2D eigenvalue weighted by molar-refractivity contribution is -0.137. The van der Waals surface area contributed by atoms with Crippen LogP contribution in [0.1, 0.15) is 72.5 Å². The maximum Gasteiger partial charge on any atom is 0.416 e. The van der Waals surface area contributed by atoms with Crippen molar-refractivity contribution in [2.75, 3.05) is 13.2 Å². The quantitative estimate of drug-likeness (QED) is 0.320. The van der Waals surface area contributed by atoms with Crippen LogP contribution < -0.4 is 20.1 Å². The van der Waals surface area contributed by atoms with Gasteiger partial charge in [-0.3, -0.25) is 4.79 Å². The van der Waals surface area contributed by atoms with Crippen LogP contribution in [0.3, 0.4) is 0 Å². The summed E-state index contributed by atoms with van der Waals surface area (Å²) in [6, 6.07) is 17.0. The maximum atomic E-state index is 13.3. The van der Waals surface area contributed by atoms with Gasteiger partial charge in [-0.25, -0.2) is 13.1 Å². The topological polar surface area (TPSA) is 96.5 Å². The maximum absolute atomic E-state index is 13.3. The van der Waals surface area contributed by atoms with E-state index in [1.165, 1.54) is 0 Å². The van der Waals surface area contributed by atoms with Gasteiger partial charge in [-0.05, 0) is 54.8 Å². The highest BCUT2D eigenvalue weighted by Gasteiger charge is 2.33. The van der Waals surface area contributed by atoms with E-state index in [0.717, 1.165) is 60.9 Å². The van der Waals surface area contributed by atoms with Crippen LogP contribution in [-0.4, -0.2) is 27.5 Å². The van der Waals surface area contributed by atoms with Crippen molar-refractivity contribution in [2.45, 2.75) is 61.3 Å². The molecule has 2 aliphatic rings. The minimum atomic E-state index is -4.70. The van der Waals surface area contributed by atoms with E-state index in [1.807, 2.05) is 18.2 Å². The Labute approximate surface area is 237 Å². The summed E-state index contributed by atoms with van der Waals surface area (Å²) in [5.74, 6) is 0.317. The second kappa shape index (κ2) is 12.2. The van der Waals surface area contributed by atoms with E-state index in [9.17, 15) is 26.4 Å². The van der Waals surface area contributed by atoms with Crippen LogP contribution in [0.2, 0.25) is 0 Å². The molecule has 3 N–H and O–H groups in total. The van der Waals surface area contributed by atoms with Gasteiger partial charge in [0.2, 0.25) is 15.9 Å². The molecule has 0 aromatic heterocycles. The van der Waals surface area contributed by atoms with E-state index in [4.69, 9.17) is 4.74 Å². The fourth-order valence-corrected chi connectivity index (χ4v) is 6.63. The molecule has 41 heavy (non-hydrogen) atoms. The molecule has 11 heteroatoms. The van der Waals surface area contributed by atoms with Crippen LogP contribution >= 0.6 is 0 Å². The van der Waals surface area contributed by atoms with Crippen LogP contribution in [0.25, 0.3) is 0 Å². The van der Waals surface area contributed by atoms with Gasteiger partial charge in [0, 0.05) is 24.4 Å². The molecule has 3 aromatic carbocycles. The average Bonchev–Trinajstić information content (AvgIpc) is 2.97. The molecule has 3 aromatic rings. The summed E-state index contributed by atoms with van der Waals surface area (Å²) in [7, 11) is -4.39. The Kier molecular flexibility index (Phi) is 8.67. The molecule has 218 valence electrons. The first-order chi connectivity index (χ1) is 19.6. The second-order valence-electron chi connectivity index (χ2n) is 10.4. The highest BCUT2D eigenvalue weighted by molar-refractivity contribution is 7.89. The first-order valence-electron chi connectivity index (χ1n) is 13.6. The molecule has 3 atom stereocenters. The van der Waals surface area contributed by atoms with Crippen molar-refractivity contribution in [3.63, 3.8) is 0 Å². The van der Waals surface area contributed by atoms with Crippen LogP contribution in [0.15, 0.2) is 77.7 Å². The summed E-state index contributed by atoms with van der Waals surface area (Å²) in [5.41, 5.74) is 1.43. The molecular formula is C30H32F3N3O4S. The molecule has 1 saturated heterocycles. The number of carbonyl (C=O) groups excluding carboxylic acids is 1. The highest BCUT2D eigenvalue weighted by atomic mass is 32.2. The largest absolute Gasteiger partial charge is 0.493 e. The molecule has 0 radical (unpaired) electrons. The Morgan fingerprint density at radius 3 is 2.54 bits per heavy atom. The molecule has 2 heterocycles. The summed E-state index contributed by atoms with van der Waals surface area (Å²) in [6.45, 7) is 1.39. The zero-order valence-electron chi connectivity index (χ0n) is 22.3. The zero-order chi connectivity index (χ0) is 29.0. The molecule has 0 spiro atoms. The van der Waals surface area contributed by atoms with Crippen LogP contribution in [-0.2, 0) is 21.0 Å². The van der Waals surface area contributed by atoms with Gasteiger partial charge in [-0.15, -0.1) is 0 Å². The SMILES string of the molecule is O=C(C[C@@H](NS(=O)(=O)c1cccc(C(F)(F)F)c1)c1ccccc1)N[C@H]1CCOc2cc([C@H]3CCCCN3)ccc21. The number of ether oxygens (including phenoxy) is 1. The average molecular weight is 588 g/mol. The number of amides is 1. The lowest BCUT2D eigenvalue weighted by Gasteiger charge is -2.30. The van der Waals surface area contributed by atoms with Crippen molar-refractivity contribution in [1.29, 1.82) is 0 Å². The number of nitrogens with one attached hydrogen (secondary N) is 3. The van der Waals surface area contributed by atoms with Gasteiger partial charge in [0.05, 0.1) is 29.1 Å². The summed E-state index contributed by atoms with van der Waals surface area (Å²) in [5, 5.41) is 6.54. The molecule has 0 aliphatic carbocycles. The molecule has 0 saturated carbocycles. The van der Waals surface area contributed by atoms with E-state index in [-0.39, 0.29) is 18.5 Å². The molecule has 7 nitrogen and oxygen atoms in total. The number of hydrogen-bond acceptors (Lipinski definition) is 5. The summed E-state index contributed by atoms with van der Waals surface area (Å²) < 4.78 is 74.3. The van der Waals surface area contributed by atoms with Gasteiger partial charge in [-0.1, -0.05) is 55.0 Å². The normalized spacial score (nSPS) is 20.0. The summed E-state index contributed by atoms with van der Waals surface area (Å²) in [6.07, 6.45) is -1.03. The van der Waals surface area contributed by atoms with E-state index in [1.54, 1.807) is 30.3 Å². The highest BCUT2D eigenvalue weighted by Crippen LogP contribution is 2.36. The van der Waals surface area contributed by atoms with E-state index < -0.39 is 38.6 Å². The van der Waals surface area contributed by atoms with E-state index >= 15 is 0 Å². The minimum absolute atomic E-state index is 0.251. The Morgan fingerprint density at radius 1 is 1.00 bits per heavy atom. The smallest absolute Gasteiger partial charge is 0.416 e. The van der Waals surface area contributed by atoms with E-state index in [2.05, 4.69) is 15.4 Å². The molecule has 1 fully saturated rings. The number of benzene rings is 3. The van der Waals surface area contributed by atoms with Crippen molar-refractivity contribution in [2.24, 2.45) is 0 Å². The number of carbonyl (C=O) groups is 1. The number of halogens is 3. The molecule has 5 rings (SSSR count). The van der Waals surface area contributed by atoms with Gasteiger partial charge in [0.25, 0.3) is 0 Å². The predicted molar refractivity (Wildman–Crippen MR) is 148 cm³/mol. The van der Waals surface area contributed by atoms with Crippen molar-refractivity contribution in [3.05, 3.63) is 95.1 Å². The third kappa shape index (κ3) is 7.09. The number of piperidine rings is 1. The Balaban J connectivity index is 1.33. The van der Waals surface area contributed by atoms with E-state index in [0.29, 0.717) is 24.7 Å². The Morgan fingerprint density at radius 2 is 1.80 bits per heavy atom. The van der Waals surface area contributed by atoms with Gasteiger partial charge < -0.3 is 15.4 Å². The molecule has 0 bridgehead atoms. The van der Waals surface area contributed by atoms with Crippen molar-refractivity contribution in [1.82, 2.24) is 15.4 Å². The Hall–Kier alpha value is -3.41. The molecule has 2 aliphatic heterocycles. The van der Waals surface area contributed by atoms with Crippen molar-refractivity contribution >= 4 is 15.9 Å². The van der Waals surface area contributed by atoms with Crippen LogP contribution in [0, 0.1) is 0 Å². The summed E-state index contributed by atoms with van der Waals surface area (Å²) >= 11 is 0. The second-order valence-corrected chi connectivity index (χ2v) is 12.1. The fourth-order valence-electron chi connectivity index (χ4n) is 5.36. The molecular weight excluding hydrogens is 555 g/mol. The standard InChI is InChI=1S/C30H32F3N3O4S/c31-30(32,33)22-9-6-10-23(18-22)41(38,39)36-27(20-7-2-1-3-8-20)19-29(37)35-26-14-16-40-28-17-21(12-13-24(26)28)25-11-4-5-15-34-25/h1-3,6-10,12-13,17-18,25-27,34,36H,4-5,11,14-16,19H2,(H,35,37)/t25-,26+,27-/m1/s1. The van der Waals surface area contributed by atoms with Gasteiger partial charge >= 0.3 is 6.18 Å². The lowest BCUT2D eigenvalue weighted by atomic mass is 9.93. The Bertz CT molecular complexity index is 1480. The van der Waals surface area contributed by atoms with Gasteiger partial charge in [-0.2, -0.15) is 13.2 Å². The zero-order valence-corrected chi connectivity index (χ0v) is 23.1. The number of sulfonamides is 1. The van der Waals surface area contributed by atoms with Crippen molar-refractivity contribution in [3.8, 4) is 5.75 Å².